The zero-order valence-corrected chi connectivity index (χ0v) is 21.9. The van der Waals surface area contributed by atoms with E-state index in [0.717, 1.165) is 16.8 Å². The zero-order chi connectivity index (χ0) is 27.5. The van der Waals surface area contributed by atoms with Crippen molar-refractivity contribution in [3.8, 4) is 22.5 Å². The number of hydrogen-bond acceptors (Lipinski definition) is 4. The normalized spacial score (nSPS) is 10.9. The van der Waals surface area contributed by atoms with Crippen LogP contribution in [0, 0.1) is 5.82 Å². The van der Waals surface area contributed by atoms with Crippen LogP contribution in [-0.2, 0) is 4.79 Å². The highest BCUT2D eigenvalue weighted by Gasteiger charge is 2.25. The summed E-state index contributed by atoms with van der Waals surface area (Å²) in [7, 11) is 5.16. The van der Waals surface area contributed by atoms with Crippen molar-refractivity contribution in [2.75, 3.05) is 37.5 Å². The van der Waals surface area contributed by atoms with Crippen LogP contribution in [0.3, 0.4) is 0 Å². The van der Waals surface area contributed by atoms with Crippen molar-refractivity contribution in [1.82, 2.24) is 5.32 Å². The summed E-state index contributed by atoms with van der Waals surface area (Å²) in [6, 6.07) is 28.9. The van der Waals surface area contributed by atoms with Gasteiger partial charge in [-0.15, -0.1) is 0 Å². The number of hydrogen-bond donors (Lipinski definition) is 1. The highest BCUT2D eigenvalue weighted by molar-refractivity contribution is 6.13. The predicted molar refractivity (Wildman–Crippen MR) is 154 cm³/mol. The third-order valence-corrected chi connectivity index (χ3v) is 6.76. The maximum Gasteiger partial charge on any atom is 0.255 e. The van der Waals surface area contributed by atoms with Crippen LogP contribution in [0.4, 0.5) is 15.8 Å². The van der Waals surface area contributed by atoms with Gasteiger partial charge in [0.2, 0.25) is 5.91 Å². The molecule has 0 saturated carbocycles. The molecular weight excluding hydrogens is 493 g/mol. The van der Waals surface area contributed by atoms with Crippen LogP contribution in [0.5, 0.6) is 0 Å². The number of nitrogens with zero attached hydrogens (tertiary/aromatic N) is 2. The first kappa shape index (κ1) is 25.7. The Hall–Kier alpha value is -4.91. The van der Waals surface area contributed by atoms with Gasteiger partial charge in [-0.3, -0.25) is 9.59 Å². The number of carbonyl (C=O) groups excluding carboxylic acids is 2. The van der Waals surface area contributed by atoms with Crippen LogP contribution in [0.1, 0.15) is 10.4 Å². The molecule has 0 fully saturated rings. The molecule has 0 atom stereocenters. The Labute approximate surface area is 226 Å². The van der Waals surface area contributed by atoms with Crippen molar-refractivity contribution < 1.29 is 18.4 Å². The van der Waals surface area contributed by atoms with Crippen molar-refractivity contribution in [2.45, 2.75) is 0 Å². The highest BCUT2D eigenvalue weighted by atomic mass is 19.1. The van der Waals surface area contributed by atoms with E-state index in [4.69, 9.17) is 4.42 Å². The zero-order valence-electron chi connectivity index (χ0n) is 21.9. The minimum atomic E-state index is -0.384. The maximum absolute atomic E-state index is 13.6. The predicted octanol–water partition coefficient (Wildman–Crippen LogP) is 6.36. The van der Waals surface area contributed by atoms with E-state index in [1.54, 1.807) is 37.2 Å². The van der Waals surface area contributed by atoms with E-state index < -0.39 is 0 Å². The SMILES string of the molecule is CNC(=O)c1c(-c2ccc(F)cc2)oc2cc(N(C)C(=O)CN(C)c3ccccc3)c(-c3ccccc3)cc12. The summed E-state index contributed by atoms with van der Waals surface area (Å²) >= 11 is 0. The second-order valence-electron chi connectivity index (χ2n) is 9.27. The summed E-state index contributed by atoms with van der Waals surface area (Å²) in [5.74, 6) is -0.493. The molecule has 0 radical (unpaired) electrons. The average molecular weight is 522 g/mol. The maximum atomic E-state index is 13.6. The summed E-state index contributed by atoms with van der Waals surface area (Å²) in [4.78, 5) is 30.0. The molecule has 6 nitrogen and oxygen atoms in total. The van der Waals surface area contributed by atoms with Gasteiger partial charge in [0.05, 0.1) is 17.8 Å². The summed E-state index contributed by atoms with van der Waals surface area (Å²) < 4.78 is 19.9. The van der Waals surface area contributed by atoms with Gasteiger partial charge in [-0.05, 0) is 48.0 Å². The van der Waals surface area contributed by atoms with E-state index in [1.165, 1.54) is 12.1 Å². The third kappa shape index (κ3) is 5.11. The van der Waals surface area contributed by atoms with Crippen LogP contribution >= 0.6 is 0 Å². The van der Waals surface area contributed by atoms with Crippen LogP contribution in [-0.4, -0.2) is 39.5 Å². The first-order chi connectivity index (χ1) is 18.9. The lowest BCUT2D eigenvalue weighted by atomic mass is 9.98. The first-order valence-corrected chi connectivity index (χ1v) is 12.5. The number of likely N-dealkylation sites (N-methyl/N-ethyl adjacent to an activating group) is 2. The largest absolute Gasteiger partial charge is 0.455 e. The fourth-order valence-electron chi connectivity index (χ4n) is 4.63. The molecule has 4 aromatic carbocycles. The number of carbonyl (C=O) groups is 2. The van der Waals surface area contributed by atoms with Gasteiger partial charge in [-0.2, -0.15) is 0 Å². The van der Waals surface area contributed by atoms with E-state index in [0.29, 0.717) is 33.5 Å². The standard InChI is InChI=1S/C32H28FN3O3/c1-34-32(38)30-26-18-25(21-10-6-4-7-11-21)27(19-28(26)39-31(30)22-14-16-23(33)17-15-22)36(3)29(37)20-35(2)24-12-8-5-9-13-24/h4-19H,20H2,1-3H3,(H,34,38). The fourth-order valence-corrected chi connectivity index (χ4v) is 4.63. The molecule has 39 heavy (non-hydrogen) atoms. The van der Waals surface area contributed by atoms with Crippen molar-refractivity contribution in [1.29, 1.82) is 0 Å². The van der Waals surface area contributed by atoms with Gasteiger partial charge >= 0.3 is 0 Å². The molecule has 1 N–H and O–H groups in total. The van der Waals surface area contributed by atoms with Crippen molar-refractivity contribution in [2.24, 2.45) is 0 Å². The Balaban J connectivity index is 1.65. The lowest BCUT2D eigenvalue weighted by Gasteiger charge is -2.25. The number of halogens is 1. The smallest absolute Gasteiger partial charge is 0.255 e. The molecule has 0 unspecified atom stereocenters. The molecule has 0 spiro atoms. The molecule has 5 aromatic rings. The van der Waals surface area contributed by atoms with E-state index in [9.17, 15) is 14.0 Å². The fraction of sp³-hybridized carbons (Fsp3) is 0.125. The number of furan rings is 1. The van der Waals surface area contributed by atoms with E-state index in [1.807, 2.05) is 78.7 Å². The molecule has 2 amide bonds. The Bertz CT molecular complexity index is 1630. The summed E-state index contributed by atoms with van der Waals surface area (Å²) in [6.07, 6.45) is 0. The van der Waals surface area contributed by atoms with E-state index in [-0.39, 0.29) is 24.2 Å². The number of anilines is 2. The third-order valence-electron chi connectivity index (χ3n) is 6.76. The lowest BCUT2D eigenvalue weighted by Crippen LogP contribution is -2.37. The number of fused-ring (bicyclic) bond motifs is 1. The number of nitrogens with one attached hydrogen (secondary N) is 1. The van der Waals surface area contributed by atoms with Crippen LogP contribution in [0.15, 0.2) is 101 Å². The topological polar surface area (TPSA) is 65.8 Å². The van der Waals surface area contributed by atoms with Crippen molar-refractivity contribution >= 4 is 34.2 Å². The van der Waals surface area contributed by atoms with Crippen molar-refractivity contribution in [3.05, 3.63) is 108 Å². The van der Waals surface area contributed by atoms with Crippen LogP contribution in [0.25, 0.3) is 33.4 Å². The van der Waals surface area contributed by atoms with E-state index >= 15 is 0 Å². The Kier molecular flexibility index (Phi) is 7.14. The van der Waals surface area contributed by atoms with Gasteiger partial charge in [0, 0.05) is 49.4 Å². The van der Waals surface area contributed by atoms with Gasteiger partial charge in [-0.25, -0.2) is 4.39 Å². The van der Waals surface area contributed by atoms with Gasteiger partial charge < -0.3 is 19.5 Å². The number of para-hydroxylation sites is 1. The number of amides is 2. The molecule has 1 aromatic heterocycles. The minimum absolute atomic E-state index is 0.116. The molecule has 196 valence electrons. The summed E-state index contributed by atoms with van der Waals surface area (Å²) in [5, 5.41) is 3.29. The summed E-state index contributed by atoms with van der Waals surface area (Å²) in [5.41, 5.74) is 4.60. The molecular formula is C32H28FN3O3. The molecule has 1 heterocycles. The lowest BCUT2D eigenvalue weighted by molar-refractivity contribution is -0.117. The van der Waals surface area contributed by atoms with Gasteiger partial charge in [0.25, 0.3) is 5.91 Å². The highest BCUT2D eigenvalue weighted by Crippen LogP contribution is 2.40. The molecule has 5 rings (SSSR count). The first-order valence-electron chi connectivity index (χ1n) is 12.5. The van der Waals surface area contributed by atoms with Gasteiger partial charge in [0.15, 0.2) is 0 Å². The van der Waals surface area contributed by atoms with E-state index in [2.05, 4.69) is 5.32 Å². The molecule has 0 bridgehead atoms. The Morgan fingerprint density at radius 2 is 1.49 bits per heavy atom. The molecule has 7 heteroatoms. The monoisotopic (exact) mass is 521 g/mol. The minimum Gasteiger partial charge on any atom is -0.455 e. The molecule has 0 aliphatic heterocycles. The second kappa shape index (κ2) is 10.8. The van der Waals surface area contributed by atoms with Crippen molar-refractivity contribution in [3.63, 3.8) is 0 Å². The number of rotatable bonds is 7. The Morgan fingerprint density at radius 1 is 0.846 bits per heavy atom. The summed E-state index contributed by atoms with van der Waals surface area (Å²) in [6.45, 7) is 0.162. The number of benzene rings is 4. The molecule has 0 aliphatic carbocycles. The van der Waals surface area contributed by atoms with Crippen LogP contribution in [0.2, 0.25) is 0 Å². The molecule has 0 aliphatic rings. The second-order valence-corrected chi connectivity index (χ2v) is 9.27. The molecule has 0 saturated heterocycles. The van der Waals surface area contributed by atoms with Gasteiger partial charge in [-0.1, -0.05) is 48.5 Å². The Morgan fingerprint density at radius 3 is 2.13 bits per heavy atom. The quantitative estimate of drug-likeness (QED) is 0.271. The van der Waals surface area contributed by atoms with Crippen LogP contribution < -0.4 is 15.1 Å². The average Bonchev–Trinajstić information content (AvgIpc) is 3.35. The van der Waals surface area contributed by atoms with Gasteiger partial charge in [0.1, 0.15) is 17.2 Å².